The molecule has 0 unspecified atom stereocenters. The van der Waals surface area contributed by atoms with Crippen LogP contribution in [0, 0.1) is 0 Å². The Morgan fingerprint density at radius 3 is 1.91 bits per heavy atom. The molecule has 7 nitrogen and oxygen atoms in total. The van der Waals surface area contributed by atoms with Crippen LogP contribution in [0.15, 0.2) is 71.3 Å². The molecule has 0 aliphatic carbocycles. The second-order valence-corrected chi connectivity index (χ2v) is 7.88. The lowest BCUT2D eigenvalue weighted by Gasteiger charge is -2.27. The normalized spacial score (nSPS) is 11.6. The van der Waals surface area contributed by atoms with E-state index in [2.05, 4.69) is 70.9 Å². The first-order chi connectivity index (χ1) is 16.6. The molecule has 0 spiro atoms. The van der Waals surface area contributed by atoms with E-state index in [1.807, 2.05) is 12.1 Å². The maximum atomic E-state index is 9.10. The van der Waals surface area contributed by atoms with Gasteiger partial charge in [0.2, 0.25) is 0 Å². The monoisotopic (exact) mass is 462 g/mol. The van der Waals surface area contributed by atoms with Crippen LogP contribution >= 0.6 is 0 Å². The Morgan fingerprint density at radius 2 is 1.35 bits per heavy atom. The zero-order valence-corrected chi connectivity index (χ0v) is 19.0. The van der Waals surface area contributed by atoms with Crippen molar-refractivity contribution in [2.75, 3.05) is 18.0 Å². The highest BCUT2D eigenvalue weighted by Crippen LogP contribution is 2.36. The van der Waals surface area contributed by atoms with Gasteiger partial charge in [-0.05, 0) is 54.8 Å². The SMILES string of the molecule is C1=Cc2ccccc2N(CCCCCCNCc2ccco2)c2ccccc21.O=C(O)C(=O)O. The van der Waals surface area contributed by atoms with Crippen LogP contribution in [0.4, 0.5) is 11.4 Å². The van der Waals surface area contributed by atoms with Gasteiger partial charge in [0, 0.05) is 17.9 Å². The molecule has 0 saturated heterocycles. The number of anilines is 2. The Morgan fingerprint density at radius 1 is 0.765 bits per heavy atom. The van der Waals surface area contributed by atoms with Crippen LogP contribution in [0.25, 0.3) is 12.2 Å². The predicted molar refractivity (Wildman–Crippen MR) is 133 cm³/mol. The minimum atomic E-state index is -1.82. The highest BCUT2D eigenvalue weighted by atomic mass is 16.4. The maximum Gasteiger partial charge on any atom is 0.414 e. The van der Waals surface area contributed by atoms with Crippen molar-refractivity contribution in [1.29, 1.82) is 0 Å². The summed E-state index contributed by atoms with van der Waals surface area (Å²) in [6.45, 7) is 2.91. The lowest BCUT2D eigenvalue weighted by Crippen LogP contribution is -2.19. The van der Waals surface area contributed by atoms with E-state index in [1.165, 1.54) is 48.2 Å². The lowest BCUT2D eigenvalue weighted by molar-refractivity contribution is -0.159. The molecule has 1 aliphatic rings. The molecule has 1 aliphatic heterocycles. The molecule has 0 atom stereocenters. The molecule has 178 valence electrons. The van der Waals surface area contributed by atoms with Crippen LogP contribution in [0.3, 0.4) is 0 Å². The lowest BCUT2D eigenvalue weighted by atomic mass is 10.1. The van der Waals surface area contributed by atoms with E-state index in [1.54, 1.807) is 6.26 Å². The van der Waals surface area contributed by atoms with E-state index in [-0.39, 0.29) is 0 Å². The second-order valence-electron chi connectivity index (χ2n) is 7.88. The summed E-state index contributed by atoms with van der Waals surface area (Å²) in [5, 5.41) is 18.2. The number of furan rings is 1. The van der Waals surface area contributed by atoms with Gasteiger partial charge in [0.15, 0.2) is 0 Å². The van der Waals surface area contributed by atoms with Crippen molar-refractivity contribution in [2.24, 2.45) is 0 Å². The number of hydrogen-bond acceptors (Lipinski definition) is 5. The van der Waals surface area contributed by atoms with E-state index in [9.17, 15) is 0 Å². The van der Waals surface area contributed by atoms with Gasteiger partial charge in [-0.2, -0.15) is 0 Å². The maximum absolute atomic E-state index is 9.10. The van der Waals surface area contributed by atoms with E-state index < -0.39 is 11.9 Å². The highest BCUT2D eigenvalue weighted by Gasteiger charge is 2.16. The van der Waals surface area contributed by atoms with Gasteiger partial charge >= 0.3 is 11.9 Å². The third kappa shape index (κ3) is 7.35. The van der Waals surface area contributed by atoms with Crippen LogP contribution in [0.5, 0.6) is 0 Å². The van der Waals surface area contributed by atoms with E-state index in [0.717, 1.165) is 25.4 Å². The minimum absolute atomic E-state index is 0.821. The first-order valence-electron chi connectivity index (χ1n) is 11.4. The summed E-state index contributed by atoms with van der Waals surface area (Å²) in [7, 11) is 0. The molecule has 2 heterocycles. The average Bonchev–Trinajstić information content (AvgIpc) is 3.31. The third-order valence-electron chi connectivity index (χ3n) is 5.45. The number of fused-ring (bicyclic) bond motifs is 2. The van der Waals surface area contributed by atoms with Crippen LogP contribution in [-0.2, 0) is 16.1 Å². The van der Waals surface area contributed by atoms with Gasteiger partial charge in [0.05, 0.1) is 12.8 Å². The van der Waals surface area contributed by atoms with Crippen molar-refractivity contribution >= 4 is 35.5 Å². The summed E-state index contributed by atoms with van der Waals surface area (Å²) in [4.78, 5) is 20.7. The Balaban J connectivity index is 0.000000481. The number of nitrogens with one attached hydrogen (secondary N) is 1. The first-order valence-corrected chi connectivity index (χ1v) is 11.4. The topological polar surface area (TPSA) is 103 Å². The molecule has 0 bridgehead atoms. The largest absolute Gasteiger partial charge is 0.473 e. The Hall–Kier alpha value is -3.84. The standard InChI is InChI=1S/C25H28N2O.C2H2O4/c1(7-17-26-20-23-12-9-19-28-23)2-8-18-27-24-13-5-3-10-21(24)15-16-22-11-4-6-14-25(22)27;3-1(4)2(5)6/h3-6,9-16,19,26H,1-2,7-8,17-18,20H2;(H,3,4)(H,5,6). The Kier molecular flexibility index (Phi) is 9.49. The molecule has 7 heteroatoms. The predicted octanol–water partition coefficient (Wildman–Crippen LogP) is 5.41. The van der Waals surface area contributed by atoms with Gasteiger partial charge < -0.3 is 24.8 Å². The number of nitrogens with zero attached hydrogens (tertiary/aromatic N) is 1. The summed E-state index contributed by atoms with van der Waals surface area (Å²) in [5.41, 5.74) is 5.20. The van der Waals surface area contributed by atoms with E-state index in [0.29, 0.717) is 0 Å². The Labute approximate surface area is 199 Å². The van der Waals surface area contributed by atoms with Gasteiger partial charge in [-0.1, -0.05) is 61.4 Å². The summed E-state index contributed by atoms with van der Waals surface area (Å²) in [6, 6.07) is 21.3. The number of para-hydroxylation sites is 2. The molecule has 4 rings (SSSR count). The van der Waals surface area contributed by atoms with E-state index in [4.69, 9.17) is 24.2 Å². The van der Waals surface area contributed by atoms with Crippen molar-refractivity contribution in [3.05, 3.63) is 83.8 Å². The molecule has 0 fully saturated rings. The fourth-order valence-corrected chi connectivity index (χ4v) is 3.80. The van der Waals surface area contributed by atoms with Gasteiger partial charge in [0.25, 0.3) is 0 Å². The molecular weight excluding hydrogens is 432 g/mol. The van der Waals surface area contributed by atoms with Crippen molar-refractivity contribution in [1.82, 2.24) is 5.32 Å². The van der Waals surface area contributed by atoms with Gasteiger partial charge in [-0.25, -0.2) is 9.59 Å². The summed E-state index contributed by atoms with van der Waals surface area (Å²) < 4.78 is 5.34. The molecule has 0 amide bonds. The van der Waals surface area contributed by atoms with Gasteiger partial charge in [-0.3, -0.25) is 0 Å². The first kappa shape index (κ1) is 24.8. The molecule has 3 aromatic rings. The average molecular weight is 463 g/mol. The molecule has 0 saturated carbocycles. The number of hydrogen-bond donors (Lipinski definition) is 3. The van der Waals surface area contributed by atoms with Crippen LogP contribution < -0.4 is 10.2 Å². The number of carboxylic acid groups (broad SMARTS) is 2. The third-order valence-corrected chi connectivity index (χ3v) is 5.45. The fourth-order valence-electron chi connectivity index (χ4n) is 3.80. The van der Waals surface area contributed by atoms with Gasteiger partial charge in [-0.15, -0.1) is 0 Å². The number of carbonyl (C=O) groups is 2. The highest BCUT2D eigenvalue weighted by molar-refractivity contribution is 6.27. The Bertz CT molecular complexity index is 1030. The molecule has 2 aromatic carbocycles. The summed E-state index contributed by atoms with van der Waals surface area (Å²) in [5.74, 6) is -2.64. The molecule has 0 radical (unpaired) electrons. The molecule has 34 heavy (non-hydrogen) atoms. The van der Waals surface area contributed by atoms with Gasteiger partial charge in [0.1, 0.15) is 5.76 Å². The molecule has 1 aromatic heterocycles. The summed E-state index contributed by atoms with van der Waals surface area (Å²) >= 11 is 0. The molecule has 3 N–H and O–H groups in total. The number of rotatable bonds is 9. The number of aliphatic carboxylic acids is 2. The quantitative estimate of drug-likeness (QED) is 0.289. The minimum Gasteiger partial charge on any atom is -0.473 e. The second kappa shape index (κ2) is 13.0. The van der Waals surface area contributed by atoms with Crippen molar-refractivity contribution in [2.45, 2.75) is 32.2 Å². The van der Waals surface area contributed by atoms with E-state index >= 15 is 0 Å². The zero-order valence-electron chi connectivity index (χ0n) is 19.0. The smallest absolute Gasteiger partial charge is 0.414 e. The summed E-state index contributed by atoms with van der Waals surface area (Å²) in [6.07, 6.45) is 11.1. The van der Waals surface area contributed by atoms with Crippen molar-refractivity contribution in [3.63, 3.8) is 0 Å². The zero-order chi connectivity index (χ0) is 24.2. The van der Waals surface area contributed by atoms with Crippen molar-refractivity contribution < 1.29 is 24.2 Å². The van der Waals surface area contributed by atoms with Crippen LogP contribution in [0.2, 0.25) is 0 Å². The fraction of sp³-hybridized carbons (Fsp3) is 0.259. The number of carboxylic acids is 2. The van der Waals surface area contributed by atoms with Crippen LogP contribution in [-0.4, -0.2) is 35.2 Å². The van der Waals surface area contributed by atoms with Crippen LogP contribution in [0.1, 0.15) is 42.6 Å². The number of benzene rings is 2. The number of unbranched alkanes of at least 4 members (excludes halogenated alkanes) is 3. The van der Waals surface area contributed by atoms with Crippen molar-refractivity contribution in [3.8, 4) is 0 Å². The molecular formula is C27H30N2O5.